The first-order valence-electron chi connectivity index (χ1n) is 8.05. The summed E-state index contributed by atoms with van der Waals surface area (Å²) in [5.74, 6) is -1.11. The highest BCUT2D eigenvalue weighted by Crippen LogP contribution is 2.29. The maximum Gasteiger partial charge on any atom is 0.325 e. The summed E-state index contributed by atoms with van der Waals surface area (Å²) in [4.78, 5) is 40.2. The van der Waals surface area contributed by atoms with Crippen molar-refractivity contribution in [2.24, 2.45) is 4.99 Å². The molecule has 0 saturated carbocycles. The number of carbonyl (C=O) groups excluding carboxylic acids is 3. The van der Waals surface area contributed by atoms with Crippen molar-refractivity contribution in [2.45, 2.75) is 13.5 Å². The minimum absolute atomic E-state index is 0.0946. The van der Waals surface area contributed by atoms with Crippen LogP contribution in [-0.2, 0) is 16.1 Å². The van der Waals surface area contributed by atoms with Gasteiger partial charge in [0.05, 0.1) is 22.3 Å². The number of aromatic nitrogens is 1. The van der Waals surface area contributed by atoms with Crippen molar-refractivity contribution in [1.29, 1.82) is 0 Å². The second-order valence-electron chi connectivity index (χ2n) is 5.83. The first-order valence-corrected chi connectivity index (χ1v) is 9.62. The Morgan fingerprint density at radius 3 is 2.36 bits per heavy atom. The number of hydrogen-bond acceptors (Lipinski definition) is 5. The molecule has 3 rings (SSSR count). The summed E-state index contributed by atoms with van der Waals surface area (Å²) in [7, 11) is 1.27. The molecule has 0 radical (unpaired) electrons. The van der Waals surface area contributed by atoms with Crippen LogP contribution in [-0.4, -0.2) is 29.3 Å². The second-order valence-corrected chi connectivity index (χ2v) is 7.68. The molecule has 144 valence electrons. The number of hydrogen-bond donors (Lipinski definition) is 0. The quantitative estimate of drug-likeness (QED) is 0.454. The molecule has 9 heteroatoms. The van der Waals surface area contributed by atoms with Gasteiger partial charge in [-0.05, 0) is 31.2 Å². The van der Waals surface area contributed by atoms with Crippen LogP contribution < -0.4 is 4.80 Å². The van der Waals surface area contributed by atoms with Crippen LogP contribution in [0.2, 0.25) is 10.0 Å². The Labute approximate surface area is 174 Å². The number of rotatable bonds is 4. The lowest BCUT2D eigenvalue weighted by molar-refractivity contribution is -0.141. The minimum atomic E-state index is -0.512. The van der Waals surface area contributed by atoms with Gasteiger partial charge in [0.15, 0.2) is 10.6 Å². The lowest BCUT2D eigenvalue weighted by Crippen LogP contribution is -2.22. The molecular weight excluding hydrogens is 423 g/mol. The van der Waals surface area contributed by atoms with E-state index in [4.69, 9.17) is 27.9 Å². The van der Waals surface area contributed by atoms with E-state index in [0.29, 0.717) is 31.4 Å². The number of fused-ring (bicyclic) bond motifs is 1. The number of Topliss-reactive ketones (excluding diaryl/α,β-unsaturated/α-hetero) is 1. The van der Waals surface area contributed by atoms with Crippen molar-refractivity contribution in [3.05, 3.63) is 62.4 Å². The number of amides is 1. The van der Waals surface area contributed by atoms with Crippen LogP contribution in [0.5, 0.6) is 0 Å². The van der Waals surface area contributed by atoms with Gasteiger partial charge in [0.25, 0.3) is 5.91 Å². The van der Waals surface area contributed by atoms with Crippen LogP contribution in [0, 0.1) is 0 Å². The van der Waals surface area contributed by atoms with E-state index >= 15 is 0 Å². The van der Waals surface area contributed by atoms with Crippen LogP contribution in [0.3, 0.4) is 0 Å². The zero-order chi connectivity index (χ0) is 20.4. The molecule has 0 fully saturated rings. The predicted molar refractivity (Wildman–Crippen MR) is 108 cm³/mol. The molecule has 0 bridgehead atoms. The van der Waals surface area contributed by atoms with E-state index in [-0.39, 0.29) is 17.1 Å². The molecule has 1 heterocycles. The fraction of sp³-hybridized carbons (Fsp3) is 0.158. The van der Waals surface area contributed by atoms with Crippen LogP contribution in [0.15, 0.2) is 41.4 Å². The summed E-state index contributed by atoms with van der Waals surface area (Å²) in [6, 6.07) is 9.43. The summed E-state index contributed by atoms with van der Waals surface area (Å²) in [5.41, 5.74) is 1.36. The number of carbonyl (C=O) groups is 3. The summed E-state index contributed by atoms with van der Waals surface area (Å²) in [6.45, 7) is 1.29. The van der Waals surface area contributed by atoms with Crippen molar-refractivity contribution in [2.75, 3.05) is 7.11 Å². The maximum absolute atomic E-state index is 12.6. The summed E-state index contributed by atoms with van der Waals surface area (Å²) in [6.07, 6.45) is 0. The zero-order valence-electron chi connectivity index (χ0n) is 14.9. The molecule has 6 nitrogen and oxygen atoms in total. The Kier molecular flexibility index (Phi) is 5.98. The Hall–Kier alpha value is -2.48. The molecule has 0 atom stereocenters. The van der Waals surface area contributed by atoms with E-state index in [1.807, 2.05) is 0 Å². The Morgan fingerprint density at radius 2 is 1.75 bits per heavy atom. The Bertz CT molecular complexity index is 1160. The van der Waals surface area contributed by atoms with Crippen molar-refractivity contribution in [3.63, 3.8) is 0 Å². The lowest BCUT2D eigenvalue weighted by atomic mass is 10.1. The third kappa shape index (κ3) is 4.16. The molecular formula is C19H14Cl2N2O4S. The van der Waals surface area contributed by atoms with Gasteiger partial charge in [-0.25, -0.2) is 0 Å². The number of benzene rings is 2. The molecule has 0 unspecified atom stereocenters. The number of halogens is 2. The minimum Gasteiger partial charge on any atom is -0.468 e. The topological polar surface area (TPSA) is 77.7 Å². The maximum atomic E-state index is 12.6. The van der Waals surface area contributed by atoms with Crippen LogP contribution in [0.1, 0.15) is 27.6 Å². The average molecular weight is 437 g/mol. The summed E-state index contributed by atoms with van der Waals surface area (Å²) < 4.78 is 6.93. The Balaban J connectivity index is 2.13. The first-order chi connectivity index (χ1) is 13.3. The molecule has 1 amide bonds. The third-order valence-electron chi connectivity index (χ3n) is 3.95. The largest absolute Gasteiger partial charge is 0.468 e. The van der Waals surface area contributed by atoms with Crippen LogP contribution >= 0.6 is 34.5 Å². The highest BCUT2D eigenvalue weighted by Gasteiger charge is 2.16. The Morgan fingerprint density at radius 1 is 1.11 bits per heavy atom. The molecule has 0 N–H and O–H groups in total. The van der Waals surface area contributed by atoms with Gasteiger partial charge in [0, 0.05) is 16.1 Å². The standard InChI is InChI=1S/C19H14Cl2N2O4S/c1-10(24)11-3-5-12(6-4-11)18(26)22-19-23(9-16(25)27-2)17-14(21)7-13(20)8-15(17)28-19/h3-8H,9H2,1-2H3. The van der Waals surface area contributed by atoms with Gasteiger partial charge in [-0.1, -0.05) is 46.7 Å². The summed E-state index contributed by atoms with van der Waals surface area (Å²) in [5, 5.41) is 0.768. The van der Waals surface area contributed by atoms with Gasteiger partial charge in [-0.3, -0.25) is 14.4 Å². The van der Waals surface area contributed by atoms with Gasteiger partial charge >= 0.3 is 5.97 Å². The van der Waals surface area contributed by atoms with Gasteiger partial charge < -0.3 is 9.30 Å². The molecule has 28 heavy (non-hydrogen) atoms. The fourth-order valence-electron chi connectivity index (χ4n) is 2.55. The number of esters is 1. The number of ketones is 1. The summed E-state index contributed by atoms with van der Waals surface area (Å²) >= 11 is 13.5. The monoisotopic (exact) mass is 436 g/mol. The molecule has 0 aliphatic heterocycles. The molecule has 0 aliphatic carbocycles. The predicted octanol–water partition coefficient (Wildman–Crippen LogP) is 4.13. The van der Waals surface area contributed by atoms with E-state index in [2.05, 4.69) is 4.99 Å². The second kappa shape index (κ2) is 8.26. The van der Waals surface area contributed by atoms with Gasteiger partial charge in [0.2, 0.25) is 0 Å². The molecule has 0 saturated heterocycles. The van der Waals surface area contributed by atoms with Crippen LogP contribution in [0.4, 0.5) is 0 Å². The van der Waals surface area contributed by atoms with Crippen molar-refractivity contribution in [3.8, 4) is 0 Å². The molecule has 0 spiro atoms. The van der Waals surface area contributed by atoms with Gasteiger partial charge in [-0.2, -0.15) is 4.99 Å². The van der Waals surface area contributed by atoms with Crippen molar-refractivity contribution >= 4 is 62.4 Å². The highest BCUT2D eigenvalue weighted by molar-refractivity contribution is 7.16. The molecule has 1 aromatic heterocycles. The molecule has 2 aromatic carbocycles. The van der Waals surface area contributed by atoms with E-state index in [1.54, 1.807) is 24.3 Å². The lowest BCUT2D eigenvalue weighted by Gasteiger charge is -2.05. The van der Waals surface area contributed by atoms with Crippen molar-refractivity contribution < 1.29 is 19.1 Å². The van der Waals surface area contributed by atoms with Crippen LogP contribution in [0.25, 0.3) is 10.2 Å². The fourth-order valence-corrected chi connectivity index (χ4v) is 4.36. The normalized spacial score (nSPS) is 11.6. The van der Waals surface area contributed by atoms with E-state index in [9.17, 15) is 14.4 Å². The zero-order valence-corrected chi connectivity index (χ0v) is 17.2. The number of ether oxygens (including phenoxy) is 1. The SMILES string of the molecule is COC(=O)Cn1c(=NC(=O)c2ccc(C(C)=O)cc2)sc2cc(Cl)cc(Cl)c21. The van der Waals surface area contributed by atoms with Crippen molar-refractivity contribution in [1.82, 2.24) is 4.57 Å². The number of thiazole rings is 1. The first kappa shape index (κ1) is 20.3. The smallest absolute Gasteiger partial charge is 0.325 e. The average Bonchev–Trinajstić information content (AvgIpc) is 2.98. The number of nitrogens with zero attached hydrogens (tertiary/aromatic N) is 2. The van der Waals surface area contributed by atoms with Gasteiger partial charge in [0.1, 0.15) is 6.54 Å². The molecule has 0 aliphatic rings. The molecule has 3 aromatic rings. The third-order valence-corrected chi connectivity index (χ3v) is 5.48. The van der Waals surface area contributed by atoms with Gasteiger partial charge in [-0.15, -0.1) is 0 Å². The van der Waals surface area contributed by atoms with E-state index in [0.717, 1.165) is 0 Å². The van der Waals surface area contributed by atoms with E-state index < -0.39 is 11.9 Å². The highest BCUT2D eigenvalue weighted by atomic mass is 35.5. The van der Waals surface area contributed by atoms with E-state index in [1.165, 1.54) is 42.1 Å². The number of methoxy groups -OCH3 is 1.